The molecule has 0 amide bonds. The molecule has 4 heteroatoms. The van der Waals surface area contributed by atoms with E-state index in [0.717, 1.165) is 11.3 Å². The number of nitrogens with zero attached hydrogens (tertiary/aromatic N) is 1. The van der Waals surface area contributed by atoms with E-state index in [1.807, 2.05) is 43.0 Å². The first-order valence-electron chi connectivity index (χ1n) is 6.59. The van der Waals surface area contributed by atoms with Gasteiger partial charge in [0.1, 0.15) is 11.3 Å². The highest BCUT2D eigenvalue weighted by Gasteiger charge is 2.38. The Balaban J connectivity index is 3.04. The molecule has 0 heterocycles. The lowest BCUT2D eigenvalue weighted by atomic mass is 9.90. The van der Waals surface area contributed by atoms with Crippen LogP contribution in [0.25, 0.3) is 0 Å². The lowest BCUT2D eigenvalue weighted by Gasteiger charge is -2.36. The van der Waals surface area contributed by atoms with Crippen molar-refractivity contribution in [1.82, 2.24) is 4.90 Å². The van der Waals surface area contributed by atoms with Gasteiger partial charge >= 0.3 is 5.97 Å². The lowest BCUT2D eigenvalue weighted by Crippen LogP contribution is -2.53. The minimum atomic E-state index is -0.893. The van der Waals surface area contributed by atoms with Gasteiger partial charge in [-0.2, -0.15) is 0 Å². The fraction of sp³-hybridized carbons (Fsp3) is 0.533. The molecule has 0 saturated carbocycles. The van der Waals surface area contributed by atoms with Crippen LogP contribution < -0.4 is 4.74 Å². The second-order valence-corrected chi connectivity index (χ2v) is 4.78. The summed E-state index contributed by atoms with van der Waals surface area (Å²) in [6.45, 7) is 7.17. The minimum absolute atomic E-state index is 0.460. The molecule has 0 radical (unpaired) electrons. The van der Waals surface area contributed by atoms with Gasteiger partial charge in [0.2, 0.25) is 0 Å². The zero-order chi connectivity index (χ0) is 14.5. The molecule has 0 fully saturated rings. The number of rotatable bonds is 7. The van der Waals surface area contributed by atoms with E-state index in [1.54, 1.807) is 14.0 Å². The molecule has 0 saturated heterocycles. The highest BCUT2D eigenvalue weighted by Crippen LogP contribution is 2.23. The number of ether oxygens (including phenoxy) is 1. The first kappa shape index (κ1) is 15.5. The van der Waals surface area contributed by atoms with E-state index in [-0.39, 0.29) is 0 Å². The Morgan fingerprint density at radius 2 is 2.00 bits per heavy atom. The smallest absolute Gasteiger partial charge is 0.324 e. The lowest BCUT2D eigenvalue weighted by molar-refractivity contribution is -0.150. The molecule has 1 atom stereocenters. The Bertz CT molecular complexity index is 429. The van der Waals surface area contributed by atoms with Gasteiger partial charge in [-0.1, -0.05) is 26.0 Å². The van der Waals surface area contributed by atoms with Crippen LogP contribution in [0.3, 0.4) is 0 Å². The molecule has 0 aromatic heterocycles. The number of likely N-dealkylation sites (N-methyl/N-ethyl adjacent to an activating group) is 1. The Morgan fingerprint density at radius 3 is 2.47 bits per heavy atom. The Morgan fingerprint density at radius 1 is 1.37 bits per heavy atom. The van der Waals surface area contributed by atoms with Crippen molar-refractivity contribution in [2.75, 3.05) is 20.2 Å². The number of carboxylic acid groups (broad SMARTS) is 1. The first-order valence-corrected chi connectivity index (χ1v) is 6.59. The van der Waals surface area contributed by atoms with Crippen LogP contribution in [-0.2, 0) is 11.2 Å². The van der Waals surface area contributed by atoms with Crippen LogP contribution in [0.4, 0.5) is 0 Å². The van der Waals surface area contributed by atoms with Crippen molar-refractivity contribution in [1.29, 1.82) is 0 Å². The number of benzene rings is 1. The van der Waals surface area contributed by atoms with Crippen LogP contribution >= 0.6 is 0 Å². The van der Waals surface area contributed by atoms with Crippen LogP contribution in [0.1, 0.15) is 26.3 Å². The highest BCUT2D eigenvalue weighted by molar-refractivity contribution is 5.78. The quantitative estimate of drug-likeness (QED) is 0.822. The number of methoxy groups -OCH3 is 1. The minimum Gasteiger partial charge on any atom is -0.497 e. The van der Waals surface area contributed by atoms with Crippen LogP contribution in [0.5, 0.6) is 5.75 Å². The summed E-state index contributed by atoms with van der Waals surface area (Å²) in [6, 6.07) is 7.58. The van der Waals surface area contributed by atoms with Gasteiger partial charge in [-0.3, -0.25) is 9.69 Å². The summed E-state index contributed by atoms with van der Waals surface area (Å²) >= 11 is 0. The highest BCUT2D eigenvalue weighted by atomic mass is 16.5. The zero-order valence-electron chi connectivity index (χ0n) is 12.1. The summed E-state index contributed by atoms with van der Waals surface area (Å²) in [5, 5.41) is 9.58. The van der Waals surface area contributed by atoms with Crippen LogP contribution in [-0.4, -0.2) is 41.7 Å². The van der Waals surface area contributed by atoms with Crippen molar-refractivity contribution in [3.63, 3.8) is 0 Å². The molecule has 1 N–H and O–H groups in total. The summed E-state index contributed by atoms with van der Waals surface area (Å²) in [4.78, 5) is 13.6. The number of hydrogen-bond donors (Lipinski definition) is 1. The molecule has 0 aliphatic heterocycles. The topological polar surface area (TPSA) is 49.8 Å². The van der Waals surface area contributed by atoms with E-state index in [4.69, 9.17) is 4.74 Å². The van der Waals surface area contributed by atoms with E-state index < -0.39 is 11.5 Å². The molecular formula is C15H23NO3. The van der Waals surface area contributed by atoms with Crippen LogP contribution in [0.15, 0.2) is 24.3 Å². The van der Waals surface area contributed by atoms with Gasteiger partial charge in [0.15, 0.2) is 0 Å². The number of aliphatic carboxylic acids is 1. The van der Waals surface area contributed by atoms with Gasteiger partial charge in [0.25, 0.3) is 0 Å². The molecule has 19 heavy (non-hydrogen) atoms. The second kappa shape index (κ2) is 6.57. The molecule has 1 unspecified atom stereocenters. The van der Waals surface area contributed by atoms with Gasteiger partial charge in [-0.05, 0) is 37.7 Å². The molecule has 1 aromatic carbocycles. The number of carboxylic acids is 1. The van der Waals surface area contributed by atoms with E-state index in [1.165, 1.54) is 0 Å². The summed E-state index contributed by atoms with van der Waals surface area (Å²) in [5.41, 5.74) is 0.0757. The average molecular weight is 265 g/mol. The Labute approximate surface area is 115 Å². The van der Waals surface area contributed by atoms with Gasteiger partial charge in [0.05, 0.1) is 7.11 Å². The average Bonchev–Trinajstić information content (AvgIpc) is 2.40. The van der Waals surface area contributed by atoms with E-state index in [9.17, 15) is 9.90 Å². The molecule has 0 spiro atoms. The van der Waals surface area contributed by atoms with Crippen molar-refractivity contribution in [3.8, 4) is 5.75 Å². The van der Waals surface area contributed by atoms with E-state index in [0.29, 0.717) is 19.5 Å². The normalized spacial score (nSPS) is 14.2. The Kier molecular flexibility index (Phi) is 5.36. The maximum atomic E-state index is 11.7. The monoisotopic (exact) mass is 265 g/mol. The molecular weight excluding hydrogens is 242 g/mol. The van der Waals surface area contributed by atoms with Crippen molar-refractivity contribution >= 4 is 5.97 Å². The third-order valence-corrected chi connectivity index (χ3v) is 3.60. The third kappa shape index (κ3) is 3.47. The second-order valence-electron chi connectivity index (χ2n) is 4.78. The standard InChI is InChI=1S/C15H23NO3/c1-5-16(6-2)15(3,14(17)18)11-12-8-7-9-13(10-12)19-4/h7-10H,5-6,11H2,1-4H3,(H,17,18). The largest absolute Gasteiger partial charge is 0.497 e. The number of carbonyl (C=O) groups is 1. The molecule has 106 valence electrons. The van der Waals surface area contributed by atoms with Crippen molar-refractivity contribution in [3.05, 3.63) is 29.8 Å². The van der Waals surface area contributed by atoms with Gasteiger partial charge < -0.3 is 9.84 Å². The number of hydrogen-bond acceptors (Lipinski definition) is 3. The summed E-state index contributed by atoms with van der Waals surface area (Å²) in [7, 11) is 1.61. The predicted molar refractivity (Wildman–Crippen MR) is 75.7 cm³/mol. The molecule has 0 aliphatic rings. The molecule has 0 bridgehead atoms. The molecule has 4 nitrogen and oxygen atoms in total. The fourth-order valence-corrected chi connectivity index (χ4v) is 2.42. The maximum Gasteiger partial charge on any atom is 0.324 e. The van der Waals surface area contributed by atoms with Gasteiger partial charge in [-0.25, -0.2) is 0 Å². The van der Waals surface area contributed by atoms with E-state index >= 15 is 0 Å². The van der Waals surface area contributed by atoms with E-state index in [2.05, 4.69) is 0 Å². The van der Waals surface area contributed by atoms with Gasteiger partial charge in [0, 0.05) is 6.42 Å². The van der Waals surface area contributed by atoms with Gasteiger partial charge in [-0.15, -0.1) is 0 Å². The van der Waals surface area contributed by atoms with Crippen molar-refractivity contribution in [2.24, 2.45) is 0 Å². The van der Waals surface area contributed by atoms with Crippen LogP contribution in [0.2, 0.25) is 0 Å². The summed E-state index contributed by atoms with van der Waals surface area (Å²) in [5.74, 6) is -0.0381. The molecule has 1 rings (SSSR count). The Hall–Kier alpha value is -1.55. The molecule has 1 aromatic rings. The maximum absolute atomic E-state index is 11.7. The summed E-state index contributed by atoms with van der Waals surface area (Å²) in [6.07, 6.45) is 0.460. The van der Waals surface area contributed by atoms with Crippen molar-refractivity contribution < 1.29 is 14.6 Å². The summed E-state index contributed by atoms with van der Waals surface area (Å²) < 4.78 is 5.18. The molecule has 0 aliphatic carbocycles. The van der Waals surface area contributed by atoms with Crippen molar-refractivity contribution in [2.45, 2.75) is 32.7 Å². The van der Waals surface area contributed by atoms with Crippen LogP contribution in [0, 0.1) is 0 Å². The first-order chi connectivity index (χ1) is 8.97. The SMILES string of the molecule is CCN(CC)C(C)(Cc1cccc(OC)c1)C(=O)O. The third-order valence-electron chi connectivity index (χ3n) is 3.60. The fourth-order valence-electron chi connectivity index (χ4n) is 2.42. The predicted octanol–water partition coefficient (Wildman–Crippen LogP) is 2.42. The zero-order valence-corrected chi connectivity index (χ0v) is 12.1.